The molecule has 0 aliphatic heterocycles. The van der Waals surface area contributed by atoms with Gasteiger partial charge in [-0.05, 0) is 24.4 Å². The van der Waals surface area contributed by atoms with Gasteiger partial charge in [0.05, 0.1) is 18.1 Å². The summed E-state index contributed by atoms with van der Waals surface area (Å²) in [6.45, 7) is 0.226. The molecular weight excluding hydrogens is 268 g/mol. The third kappa shape index (κ3) is 2.60. The summed E-state index contributed by atoms with van der Waals surface area (Å²) < 4.78 is 0. The van der Waals surface area contributed by atoms with Crippen LogP contribution in [0.5, 0.6) is 0 Å². The molecule has 19 heavy (non-hydrogen) atoms. The zero-order valence-corrected chi connectivity index (χ0v) is 11.1. The number of carbonyl (C=O) groups is 1. The summed E-state index contributed by atoms with van der Waals surface area (Å²) in [6.07, 6.45) is 3.76. The molecule has 1 saturated carbocycles. The highest BCUT2D eigenvalue weighted by molar-refractivity contribution is 6.28. The number of halogens is 1. The van der Waals surface area contributed by atoms with Crippen molar-refractivity contribution in [2.45, 2.75) is 18.9 Å². The number of nitrogens with one attached hydrogen (secondary N) is 2. The van der Waals surface area contributed by atoms with E-state index in [0.29, 0.717) is 17.5 Å². The molecule has 100 valence electrons. The van der Waals surface area contributed by atoms with E-state index < -0.39 is 0 Å². The maximum atomic E-state index is 11.8. The number of likely N-dealkylation sites (N-methyl/N-ethyl adjacent to an activating group) is 1. The summed E-state index contributed by atoms with van der Waals surface area (Å²) in [5.74, 6) is 0.575. The Kier molecular flexibility index (Phi) is 2.98. The first kappa shape index (κ1) is 12.2. The van der Waals surface area contributed by atoms with Crippen LogP contribution in [-0.4, -0.2) is 45.7 Å². The Morgan fingerprint density at radius 3 is 3.11 bits per heavy atom. The van der Waals surface area contributed by atoms with Gasteiger partial charge in [0.2, 0.25) is 11.2 Å². The Morgan fingerprint density at radius 1 is 1.58 bits per heavy atom. The number of aromatic amines is 1. The van der Waals surface area contributed by atoms with Gasteiger partial charge < -0.3 is 10.2 Å². The minimum atomic E-state index is -0.0172. The Bertz CT molecular complexity index is 623. The first-order valence-corrected chi connectivity index (χ1v) is 6.38. The monoisotopic (exact) mass is 280 g/mol. The molecule has 0 saturated heterocycles. The third-order valence-corrected chi connectivity index (χ3v) is 3.12. The molecule has 2 heterocycles. The fourth-order valence-corrected chi connectivity index (χ4v) is 2.04. The fourth-order valence-electron chi connectivity index (χ4n) is 1.88. The summed E-state index contributed by atoms with van der Waals surface area (Å²) in [4.78, 5) is 21.7. The van der Waals surface area contributed by atoms with Crippen molar-refractivity contribution in [1.29, 1.82) is 0 Å². The number of fused-ring (bicyclic) bond motifs is 1. The van der Waals surface area contributed by atoms with Crippen molar-refractivity contribution in [3.8, 4) is 0 Å². The second kappa shape index (κ2) is 4.65. The highest BCUT2D eigenvalue weighted by Crippen LogP contribution is 2.23. The Hall–Kier alpha value is -1.89. The Balaban J connectivity index is 1.81. The predicted molar refractivity (Wildman–Crippen MR) is 71.1 cm³/mol. The average Bonchev–Trinajstić information content (AvgIpc) is 3.03. The summed E-state index contributed by atoms with van der Waals surface area (Å²) in [5.41, 5.74) is 0.560. The van der Waals surface area contributed by atoms with Gasteiger partial charge in [-0.25, -0.2) is 0 Å². The van der Waals surface area contributed by atoms with E-state index in [9.17, 15) is 4.79 Å². The smallest absolute Gasteiger partial charge is 0.239 e. The van der Waals surface area contributed by atoms with Gasteiger partial charge in [-0.3, -0.25) is 9.89 Å². The second-order valence-corrected chi connectivity index (χ2v) is 4.98. The first-order valence-electron chi connectivity index (χ1n) is 6.00. The number of carbonyl (C=O) groups excluding carboxylic acids is 1. The summed E-state index contributed by atoms with van der Waals surface area (Å²) >= 11 is 5.86. The molecule has 7 nitrogen and oxygen atoms in total. The molecule has 2 aromatic rings. The van der Waals surface area contributed by atoms with E-state index in [0.717, 1.165) is 18.2 Å². The largest absolute Gasteiger partial charge is 0.352 e. The number of rotatable bonds is 4. The van der Waals surface area contributed by atoms with Crippen molar-refractivity contribution >= 4 is 34.4 Å². The lowest BCUT2D eigenvalue weighted by Crippen LogP contribution is -2.36. The molecule has 0 bridgehead atoms. The Morgan fingerprint density at radius 2 is 2.37 bits per heavy atom. The van der Waals surface area contributed by atoms with Crippen LogP contribution in [0.1, 0.15) is 12.8 Å². The van der Waals surface area contributed by atoms with Gasteiger partial charge in [0.15, 0.2) is 5.65 Å². The minimum absolute atomic E-state index is 0.0172. The molecule has 1 aliphatic rings. The average molecular weight is 281 g/mol. The molecule has 1 amide bonds. The van der Waals surface area contributed by atoms with Gasteiger partial charge in [-0.1, -0.05) is 0 Å². The number of aromatic nitrogens is 4. The molecule has 2 aromatic heterocycles. The molecule has 0 radical (unpaired) electrons. The minimum Gasteiger partial charge on any atom is -0.352 e. The molecule has 0 unspecified atom stereocenters. The zero-order chi connectivity index (χ0) is 13.4. The standard InChI is InChI=1S/C11H13ClN6O/c1-18(5-8(19)14-6-2-3-6)10-7-4-13-17-9(7)15-11(12)16-10/h4,6H,2-3,5H2,1H3,(H,14,19)(H,13,15,16,17). The molecule has 1 fully saturated rings. The summed E-state index contributed by atoms with van der Waals surface area (Å²) in [5, 5.41) is 10.4. The van der Waals surface area contributed by atoms with Crippen molar-refractivity contribution in [3.05, 3.63) is 11.5 Å². The van der Waals surface area contributed by atoms with E-state index in [-0.39, 0.29) is 17.7 Å². The van der Waals surface area contributed by atoms with E-state index in [4.69, 9.17) is 11.6 Å². The molecule has 0 atom stereocenters. The summed E-state index contributed by atoms with van der Waals surface area (Å²) in [7, 11) is 1.79. The predicted octanol–water partition coefficient (Wildman–Crippen LogP) is 0.721. The van der Waals surface area contributed by atoms with Crippen LogP contribution in [0.15, 0.2) is 6.20 Å². The van der Waals surface area contributed by atoms with Crippen LogP contribution < -0.4 is 10.2 Å². The van der Waals surface area contributed by atoms with Gasteiger partial charge in [0.1, 0.15) is 5.82 Å². The molecule has 0 spiro atoms. The van der Waals surface area contributed by atoms with Crippen LogP contribution in [-0.2, 0) is 4.79 Å². The number of anilines is 1. The fraction of sp³-hybridized carbons (Fsp3) is 0.455. The zero-order valence-electron chi connectivity index (χ0n) is 10.4. The van der Waals surface area contributed by atoms with Crippen LogP contribution in [0, 0.1) is 0 Å². The molecule has 2 N–H and O–H groups in total. The SMILES string of the molecule is CN(CC(=O)NC1CC1)c1nc(Cl)nc2[nH]ncc12. The van der Waals surface area contributed by atoms with Gasteiger partial charge in [0.25, 0.3) is 0 Å². The number of amides is 1. The van der Waals surface area contributed by atoms with Crippen LogP contribution >= 0.6 is 11.6 Å². The van der Waals surface area contributed by atoms with Crippen molar-refractivity contribution in [2.75, 3.05) is 18.5 Å². The van der Waals surface area contributed by atoms with E-state index in [2.05, 4.69) is 25.5 Å². The summed E-state index contributed by atoms with van der Waals surface area (Å²) in [6, 6.07) is 0.351. The number of nitrogens with zero attached hydrogens (tertiary/aromatic N) is 4. The van der Waals surface area contributed by atoms with E-state index in [1.165, 1.54) is 0 Å². The second-order valence-electron chi connectivity index (χ2n) is 4.65. The maximum absolute atomic E-state index is 11.8. The third-order valence-electron chi connectivity index (χ3n) is 2.95. The van der Waals surface area contributed by atoms with Crippen molar-refractivity contribution in [3.63, 3.8) is 0 Å². The first-order chi connectivity index (χ1) is 9.13. The van der Waals surface area contributed by atoms with E-state index in [1.807, 2.05) is 0 Å². The topological polar surface area (TPSA) is 86.8 Å². The lowest BCUT2D eigenvalue weighted by atomic mass is 10.3. The van der Waals surface area contributed by atoms with Crippen LogP contribution in [0.3, 0.4) is 0 Å². The quantitative estimate of drug-likeness (QED) is 0.806. The lowest BCUT2D eigenvalue weighted by Gasteiger charge is -2.18. The van der Waals surface area contributed by atoms with Gasteiger partial charge in [0, 0.05) is 13.1 Å². The highest BCUT2D eigenvalue weighted by atomic mass is 35.5. The van der Waals surface area contributed by atoms with E-state index in [1.54, 1.807) is 18.1 Å². The van der Waals surface area contributed by atoms with Gasteiger partial charge in [-0.2, -0.15) is 15.1 Å². The molecule has 1 aliphatic carbocycles. The van der Waals surface area contributed by atoms with Crippen LogP contribution in [0.2, 0.25) is 5.28 Å². The molecule has 3 rings (SSSR count). The maximum Gasteiger partial charge on any atom is 0.239 e. The number of hydrogen-bond donors (Lipinski definition) is 2. The van der Waals surface area contributed by atoms with Gasteiger partial charge >= 0.3 is 0 Å². The van der Waals surface area contributed by atoms with Crippen LogP contribution in [0.4, 0.5) is 5.82 Å². The Labute approximate surface area is 114 Å². The van der Waals surface area contributed by atoms with Crippen molar-refractivity contribution in [2.24, 2.45) is 0 Å². The lowest BCUT2D eigenvalue weighted by molar-refractivity contribution is -0.119. The van der Waals surface area contributed by atoms with E-state index >= 15 is 0 Å². The molecule has 8 heteroatoms. The van der Waals surface area contributed by atoms with Gasteiger partial charge in [-0.15, -0.1) is 0 Å². The number of H-pyrrole nitrogens is 1. The van der Waals surface area contributed by atoms with Crippen LogP contribution in [0.25, 0.3) is 11.0 Å². The normalized spacial score (nSPS) is 14.6. The molecule has 0 aromatic carbocycles. The van der Waals surface area contributed by atoms with Crippen molar-refractivity contribution < 1.29 is 4.79 Å². The molecular formula is C11H13ClN6O. The number of hydrogen-bond acceptors (Lipinski definition) is 5. The highest BCUT2D eigenvalue weighted by Gasteiger charge is 2.24. The van der Waals surface area contributed by atoms with Crippen molar-refractivity contribution in [1.82, 2.24) is 25.5 Å².